The van der Waals surface area contributed by atoms with Gasteiger partial charge in [-0.2, -0.15) is 0 Å². The van der Waals surface area contributed by atoms with Crippen LogP contribution in [0.2, 0.25) is 5.02 Å². The number of nitrogens with one attached hydrogen (secondary N) is 1. The number of aryl methyl sites for hydroxylation is 2. The van der Waals surface area contributed by atoms with Crippen molar-refractivity contribution in [3.05, 3.63) is 58.1 Å². The van der Waals surface area contributed by atoms with E-state index in [4.69, 9.17) is 16.3 Å². The van der Waals surface area contributed by atoms with Crippen LogP contribution in [0.25, 0.3) is 0 Å². The van der Waals surface area contributed by atoms with Gasteiger partial charge in [0.05, 0.1) is 13.2 Å². The standard InChI is InChI=1S/C17H18ClNO/c1-11-3-6-13(9-16(11)18)19-17-8-5-12-4-7-14(20-2)10-15(12)17/h3-4,6-7,9-10,17,19H,5,8H2,1-2H3. The first-order valence-corrected chi connectivity index (χ1v) is 7.24. The van der Waals surface area contributed by atoms with Crippen LogP contribution >= 0.6 is 11.6 Å². The first-order chi connectivity index (χ1) is 9.67. The predicted octanol–water partition coefficient (Wildman–Crippen LogP) is 4.76. The summed E-state index contributed by atoms with van der Waals surface area (Å²) in [6, 6.07) is 12.8. The molecule has 1 N–H and O–H groups in total. The Kier molecular flexibility index (Phi) is 3.58. The third kappa shape index (κ3) is 2.48. The van der Waals surface area contributed by atoms with Gasteiger partial charge in [0.1, 0.15) is 5.75 Å². The van der Waals surface area contributed by atoms with Crippen LogP contribution in [0, 0.1) is 6.92 Å². The Morgan fingerprint density at radius 1 is 1.20 bits per heavy atom. The maximum Gasteiger partial charge on any atom is 0.119 e. The Morgan fingerprint density at radius 2 is 2.05 bits per heavy atom. The van der Waals surface area contributed by atoms with E-state index in [1.807, 2.05) is 25.1 Å². The van der Waals surface area contributed by atoms with Crippen molar-refractivity contribution in [2.24, 2.45) is 0 Å². The largest absolute Gasteiger partial charge is 0.497 e. The zero-order valence-corrected chi connectivity index (χ0v) is 12.5. The first kappa shape index (κ1) is 13.3. The quantitative estimate of drug-likeness (QED) is 0.879. The number of rotatable bonds is 3. The molecule has 2 aromatic carbocycles. The van der Waals surface area contributed by atoms with Crippen molar-refractivity contribution in [2.75, 3.05) is 12.4 Å². The molecule has 0 spiro atoms. The highest BCUT2D eigenvalue weighted by atomic mass is 35.5. The average Bonchev–Trinajstić information content (AvgIpc) is 2.85. The van der Waals surface area contributed by atoms with Crippen molar-refractivity contribution in [1.29, 1.82) is 0 Å². The highest BCUT2D eigenvalue weighted by Gasteiger charge is 2.22. The van der Waals surface area contributed by atoms with Crippen LogP contribution in [0.4, 0.5) is 5.69 Å². The van der Waals surface area contributed by atoms with Gasteiger partial charge in [0.25, 0.3) is 0 Å². The lowest BCUT2D eigenvalue weighted by molar-refractivity contribution is 0.414. The molecular weight excluding hydrogens is 270 g/mol. The zero-order chi connectivity index (χ0) is 14.1. The summed E-state index contributed by atoms with van der Waals surface area (Å²) in [5.41, 5.74) is 4.91. The Morgan fingerprint density at radius 3 is 2.80 bits per heavy atom. The minimum atomic E-state index is 0.332. The summed E-state index contributed by atoms with van der Waals surface area (Å²) in [5.74, 6) is 0.916. The van der Waals surface area contributed by atoms with E-state index in [1.165, 1.54) is 11.1 Å². The summed E-state index contributed by atoms with van der Waals surface area (Å²) in [4.78, 5) is 0. The molecule has 0 saturated heterocycles. The van der Waals surface area contributed by atoms with Gasteiger partial charge in [0, 0.05) is 10.7 Å². The summed E-state index contributed by atoms with van der Waals surface area (Å²) in [6.07, 6.45) is 2.21. The van der Waals surface area contributed by atoms with Gasteiger partial charge in [-0.1, -0.05) is 23.7 Å². The summed E-state index contributed by atoms with van der Waals surface area (Å²) in [6.45, 7) is 2.02. The first-order valence-electron chi connectivity index (χ1n) is 6.87. The number of anilines is 1. The molecule has 0 radical (unpaired) electrons. The second-order valence-electron chi connectivity index (χ2n) is 5.26. The fourth-order valence-corrected chi connectivity index (χ4v) is 2.92. The minimum Gasteiger partial charge on any atom is -0.497 e. The Bertz CT molecular complexity index is 639. The van der Waals surface area contributed by atoms with Gasteiger partial charge in [0.2, 0.25) is 0 Å². The summed E-state index contributed by atoms with van der Waals surface area (Å²) in [7, 11) is 1.71. The van der Waals surface area contributed by atoms with E-state index in [-0.39, 0.29) is 0 Å². The van der Waals surface area contributed by atoms with Gasteiger partial charge in [-0.05, 0) is 60.7 Å². The lowest BCUT2D eigenvalue weighted by Crippen LogP contribution is -2.07. The van der Waals surface area contributed by atoms with Gasteiger partial charge in [-0.3, -0.25) is 0 Å². The molecule has 0 aliphatic heterocycles. The molecule has 1 aliphatic rings. The Labute approximate surface area is 124 Å². The molecule has 0 heterocycles. The molecule has 1 unspecified atom stereocenters. The second-order valence-corrected chi connectivity index (χ2v) is 5.67. The zero-order valence-electron chi connectivity index (χ0n) is 11.7. The van der Waals surface area contributed by atoms with Crippen LogP contribution in [0.5, 0.6) is 5.75 Å². The molecule has 2 nitrogen and oxygen atoms in total. The summed E-state index contributed by atoms with van der Waals surface area (Å²) >= 11 is 6.19. The van der Waals surface area contributed by atoms with Crippen molar-refractivity contribution < 1.29 is 4.74 Å². The van der Waals surface area contributed by atoms with Crippen molar-refractivity contribution in [2.45, 2.75) is 25.8 Å². The Balaban J connectivity index is 1.85. The molecule has 0 amide bonds. The third-order valence-electron chi connectivity index (χ3n) is 3.94. The molecule has 20 heavy (non-hydrogen) atoms. The van der Waals surface area contributed by atoms with Crippen molar-refractivity contribution in [3.63, 3.8) is 0 Å². The predicted molar refractivity (Wildman–Crippen MR) is 83.9 cm³/mol. The molecular formula is C17H18ClNO. The van der Waals surface area contributed by atoms with E-state index in [9.17, 15) is 0 Å². The normalized spacial score (nSPS) is 16.9. The van der Waals surface area contributed by atoms with Crippen molar-refractivity contribution in [1.82, 2.24) is 0 Å². The average molecular weight is 288 g/mol. The van der Waals surface area contributed by atoms with Gasteiger partial charge in [-0.25, -0.2) is 0 Å². The molecule has 1 aliphatic carbocycles. The maximum atomic E-state index is 6.19. The maximum absolute atomic E-state index is 6.19. The number of hydrogen-bond donors (Lipinski definition) is 1. The van der Waals surface area contributed by atoms with Gasteiger partial charge < -0.3 is 10.1 Å². The molecule has 1 atom stereocenters. The molecule has 0 aromatic heterocycles. The van der Waals surface area contributed by atoms with E-state index in [0.717, 1.165) is 34.9 Å². The summed E-state index contributed by atoms with van der Waals surface area (Å²) in [5, 5.41) is 4.38. The SMILES string of the molecule is COc1ccc2c(c1)C(Nc1ccc(C)c(Cl)c1)CC2. The monoisotopic (exact) mass is 287 g/mol. The molecule has 0 fully saturated rings. The fourth-order valence-electron chi connectivity index (χ4n) is 2.74. The lowest BCUT2D eigenvalue weighted by Gasteiger charge is -2.17. The lowest BCUT2D eigenvalue weighted by atomic mass is 10.1. The van der Waals surface area contributed by atoms with Crippen LogP contribution in [0.15, 0.2) is 36.4 Å². The van der Waals surface area contributed by atoms with Gasteiger partial charge in [-0.15, -0.1) is 0 Å². The molecule has 0 saturated carbocycles. The number of methoxy groups -OCH3 is 1. The third-order valence-corrected chi connectivity index (χ3v) is 4.35. The van der Waals surface area contributed by atoms with Crippen LogP contribution in [0.3, 0.4) is 0 Å². The van der Waals surface area contributed by atoms with E-state index >= 15 is 0 Å². The molecule has 104 valence electrons. The van der Waals surface area contributed by atoms with Crippen LogP contribution in [0.1, 0.15) is 29.2 Å². The molecule has 3 heteroatoms. The van der Waals surface area contributed by atoms with Crippen LogP contribution < -0.4 is 10.1 Å². The highest BCUT2D eigenvalue weighted by Crippen LogP contribution is 2.36. The molecule has 2 aromatic rings. The second kappa shape index (κ2) is 5.37. The minimum absolute atomic E-state index is 0.332. The number of hydrogen-bond acceptors (Lipinski definition) is 2. The smallest absolute Gasteiger partial charge is 0.119 e. The molecule has 3 rings (SSSR count). The van der Waals surface area contributed by atoms with E-state index < -0.39 is 0 Å². The van der Waals surface area contributed by atoms with E-state index in [0.29, 0.717) is 6.04 Å². The highest BCUT2D eigenvalue weighted by molar-refractivity contribution is 6.31. The van der Waals surface area contributed by atoms with Crippen LogP contribution in [-0.4, -0.2) is 7.11 Å². The number of fused-ring (bicyclic) bond motifs is 1. The Hall–Kier alpha value is -1.67. The van der Waals surface area contributed by atoms with Crippen molar-refractivity contribution >= 4 is 17.3 Å². The molecule has 0 bridgehead atoms. The number of benzene rings is 2. The van der Waals surface area contributed by atoms with E-state index in [1.54, 1.807) is 7.11 Å². The fraction of sp³-hybridized carbons (Fsp3) is 0.294. The van der Waals surface area contributed by atoms with Crippen LogP contribution in [-0.2, 0) is 6.42 Å². The van der Waals surface area contributed by atoms with Crippen molar-refractivity contribution in [3.8, 4) is 5.75 Å². The summed E-state index contributed by atoms with van der Waals surface area (Å²) < 4.78 is 5.32. The number of ether oxygens (including phenoxy) is 1. The van der Waals surface area contributed by atoms with E-state index in [2.05, 4.69) is 23.5 Å². The van der Waals surface area contributed by atoms with Gasteiger partial charge >= 0.3 is 0 Å². The topological polar surface area (TPSA) is 21.3 Å². The number of halogens is 1. The van der Waals surface area contributed by atoms with Gasteiger partial charge in [0.15, 0.2) is 0 Å².